The lowest BCUT2D eigenvalue weighted by atomic mass is 10.0. The minimum atomic E-state index is -0.636. The van der Waals surface area contributed by atoms with Crippen LogP contribution in [0.1, 0.15) is 43.4 Å². The fourth-order valence-corrected chi connectivity index (χ4v) is 4.68. The van der Waals surface area contributed by atoms with Crippen molar-refractivity contribution in [2.45, 2.75) is 58.2 Å². The molecule has 1 aliphatic rings. The molecule has 0 spiro atoms. The molecule has 3 aromatic carbocycles. The van der Waals surface area contributed by atoms with Crippen LogP contribution in [0.25, 0.3) is 0 Å². The number of benzene rings is 3. The first-order valence-corrected chi connectivity index (χ1v) is 14.0. The molecule has 200 valence electrons. The van der Waals surface area contributed by atoms with Crippen molar-refractivity contribution in [2.24, 2.45) is 0 Å². The summed E-state index contributed by atoms with van der Waals surface area (Å²) in [5.74, 6) is 1.24. The van der Waals surface area contributed by atoms with E-state index in [0.29, 0.717) is 38.3 Å². The highest BCUT2D eigenvalue weighted by molar-refractivity contribution is 9.10. The van der Waals surface area contributed by atoms with Gasteiger partial charge in [-0.2, -0.15) is 0 Å². The number of fused-ring (bicyclic) bond motifs is 1. The smallest absolute Gasteiger partial charge is 0.243 e. The van der Waals surface area contributed by atoms with Crippen molar-refractivity contribution in [1.29, 1.82) is 0 Å². The summed E-state index contributed by atoms with van der Waals surface area (Å²) in [6.07, 6.45) is 2.07. The normalized spacial score (nSPS) is 13.9. The predicted octanol–water partition coefficient (Wildman–Crippen LogP) is 5.71. The maximum absolute atomic E-state index is 13.8. The van der Waals surface area contributed by atoms with Gasteiger partial charge in [0.25, 0.3) is 0 Å². The van der Waals surface area contributed by atoms with Crippen molar-refractivity contribution in [3.8, 4) is 11.5 Å². The third-order valence-electron chi connectivity index (χ3n) is 6.77. The van der Waals surface area contributed by atoms with Gasteiger partial charge in [0.2, 0.25) is 11.8 Å². The van der Waals surface area contributed by atoms with Crippen LogP contribution in [0.4, 0.5) is 0 Å². The number of amides is 2. The summed E-state index contributed by atoms with van der Waals surface area (Å²) in [5.41, 5.74) is 2.97. The van der Waals surface area contributed by atoms with Crippen molar-refractivity contribution in [2.75, 3.05) is 13.2 Å². The Hall–Kier alpha value is -3.32. The van der Waals surface area contributed by atoms with E-state index in [9.17, 15) is 9.59 Å². The molecule has 6 nitrogen and oxygen atoms in total. The van der Waals surface area contributed by atoms with Gasteiger partial charge >= 0.3 is 0 Å². The second kappa shape index (κ2) is 13.5. The second-order valence-electron chi connectivity index (χ2n) is 9.65. The van der Waals surface area contributed by atoms with Crippen LogP contribution in [-0.4, -0.2) is 42.0 Å². The highest BCUT2D eigenvalue weighted by atomic mass is 79.9. The third-order valence-corrected chi connectivity index (χ3v) is 7.30. The molecule has 0 bridgehead atoms. The van der Waals surface area contributed by atoms with E-state index in [1.54, 1.807) is 4.90 Å². The Kier molecular flexibility index (Phi) is 9.82. The van der Waals surface area contributed by atoms with Gasteiger partial charge in [-0.05, 0) is 60.7 Å². The van der Waals surface area contributed by atoms with Crippen molar-refractivity contribution in [3.05, 3.63) is 94.0 Å². The molecule has 0 aliphatic carbocycles. The van der Waals surface area contributed by atoms with Gasteiger partial charge in [-0.25, -0.2) is 0 Å². The molecule has 0 saturated heterocycles. The summed E-state index contributed by atoms with van der Waals surface area (Å²) in [7, 11) is 0. The minimum absolute atomic E-state index is 0.0168. The quantitative estimate of drug-likeness (QED) is 0.316. The maximum atomic E-state index is 13.8. The molecule has 1 heterocycles. The average molecular weight is 580 g/mol. The fourth-order valence-electron chi connectivity index (χ4n) is 4.42. The van der Waals surface area contributed by atoms with E-state index in [4.69, 9.17) is 9.47 Å². The van der Waals surface area contributed by atoms with Crippen LogP contribution in [0.5, 0.6) is 11.5 Å². The highest BCUT2D eigenvalue weighted by Crippen LogP contribution is 2.31. The number of halogens is 1. The van der Waals surface area contributed by atoms with Crippen LogP contribution in [0.3, 0.4) is 0 Å². The van der Waals surface area contributed by atoms with Gasteiger partial charge in [0.15, 0.2) is 11.5 Å². The summed E-state index contributed by atoms with van der Waals surface area (Å²) >= 11 is 3.49. The molecule has 0 saturated carbocycles. The summed E-state index contributed by atoms with van der Waals surface area (Å²) in [6, 6.07) is 22.9. The van der Waals surface area contributed by atoms with Crippen LogP contribution in [0.2, 0.25) is 0 Å². The summed E-state index contributed by atoms with van der Waals surface area (Å²) < 4.78 is 12.3. The maximum Gasteiger partial charge on any atom is 0.243 e. The monoisotopic (exact) mass is 578 g/mol. The van der Waals surface area contributed by atoms with Gasteiger partial charge in [0.05, 0.1) is 0 Å². The second-order valence-corrected chi connectivity index (χ2v) is 10.6. The van der Waals surface area contributed by atoms with E-state index in [-0.39, 0.29) is 24.3 Å². The van der Waals surface area contributed by atoms with Crippen LogP contribution < -0.4 is 14.8 Å². The summed E-state index contributed by atoms with van der Waals surface area (Å²) in [5, 5.41) is 3.12. The minimum Gasteiger partial charge on any atom is -0.486 e. The molecule has 38 heavy (non-hydrogen) atoms. The Morgan fingerprint density at radius 3 is 2.32 bits per heavy atom. The molecule has 0 radical (unpaired) electrons. The topological polar surface area (TPSA) is 67.9 Å². The standard InChI is InChI=1S/C31H35BrN2O4/c1-3-22(2)33-31(36)27(19-23-7-5-4-6-8-23)34(21-25-9-13-26(32)14-10-25)30(35)16-12-24-11-15-28-29(20-24)38-18-17-37-28/h4-11,13-15,20,22,27H,3,12,16-19,21H2,1-2H3,(H,33,36)/t22-,27-/m0/s1. The molecule has 3 aromatic rings. The van der Waals surface area contributed by atoms with E-state index in [1.807, 2.05) is 86.6 Å². The molecule has 1 aliphatic heterocycles. The van der Waals surface area contributed by atoms with Gasteiger partial charge in [-0.1, -0.05) is 71.4 Å². The number of ether oxygens (including phenoxy) is 2. The lowest BCUT2D eigenvalue weighted by molar-refractivity contribution is -0.141. The third kappa shape index (κ3) is 7.60. The lowest BCUT2D eigenvalue weighted by Crippen LogP contribution is -2.52. The number of nitrogens with zero attached hydrogens (tertiary/aromatic N) is 1. The van der Waals surface area contributed by atoms with Crippen molar-refractivity contribution in [3.63, 3.8) is 0 Å². The molecule has 0 unspecified atom stereocenters. The van der Waals surface area contributed by atoms with E-state index < -0.39 is 6.04 Å². The molecule has 7 heteroatoms. The van der Waals surface area contributed by atoms with Crippen molar-refractivity contribution < 1.29 is 19.1 Å². The number of hydrogen-bond donors (Lipinski definition) is 1. The first kappa shape index (κ1) is 27.7. The first-order valence-electron chi connectivity index (χ1n) is 13.2. The molecule has 2 amide bonds. The Labute approximate surface area is 233 Å². The molecular weight excluding hydrogens is 544 g/mol. The van der Waals surface area contributed by atoms with Gasteiger partial charge in [0, 0.05) is 29.9 Å². The number of carbonyl (C=O) groups is 2. The summed E-state index contributed by atoms with van der Waals surface area (Å²) in [6.45, 7) is 5.42. The molecule has 0 aromatic heterocycles. The zero-order valence-corrected chi connectivity index (χ0v) is 23.6. The number of hydrogen-bond acceptors (Lipinski definition) is 4. The zero-order valence-electron chi connectivity index (χ0n) is 22.0. The number of rotatable bonds is 11. The lowest BCUT2D eigenvalue weighted by Gasteiger charge is -2.32. The molecule has 4 rings (SSSR count). The van der Waals surface area contributed by atoms with E-state index >= 15 is 0 Å². The van der Waals surface area contributed by atoms with Crippen LogP contribution in [-0.2, 0) is 29.0 Å². The van der Waals surface area contributed by atoms with E-state index in [0.717, 1.165) is 33.3 Å². The molecule has 2 atom stereocenters. The Bertz CT molecular complexity index is 1220. The SMILES string of the molecule is CC[C@H](C)NC(=O)[C@H](Cc1ccccc1)N(Cc1ccc(Br)cc1)C(=O)CCc1ccc2c(c1)OCCO2. The molecular formula is C31H35BrN2O4. The number of nitrogens with one attached hydrogen (secondary N) is 1. The fraction of sp³-hybridized carbons (Fsp3) is 0.355. The van der Waals surface area contributed by atoms with Crippen molar-refractivity contribution in [1.82, 2.24) is 10.2 Å². The number of carbonyl (C=O) groups excluding carboxylic acids is 2. The zero-order chi connectivity index (χ0) is 26.9. The predicted molar refractivity (Wildman–Crippen MR) is 152 cm³/mol. The van der Waals surface area contributed by atoms with Gasteiger partial charge < -0.3 is 19.7 Å². The molecule has 0 fully saturated rings. The number of aryl methyl sites for hydroxylation is 1. The van der Waals surface area contributed by atoms with Crippen LogP contribution in [0, 0.1) is 0 Å². The largest absolute Gasteiger partial charge is 0.486 e. The Morgan fingerprint density at radius 2 is 1.61 bits per heavy atom. The van der Waals surface area contributed by atoms with Gasteiger partial charge in [0.1, 0.15) is 19.3 Å². The Morgan fingerprint density at radius 1 is 0.921 bits per heavy atom. The molecule has 1 N–H and O–H groups in total. The van der Waals surface area contributed by atoms with Gasteiger partial charge in [-0.15, -0.1) is 0 Å². The average Bonchev–Trinajstić information content (AvgIpc) is 2.94. The first-order chi connectivity index (χ1) is 18.4. The van der Waals surface area contributed by atoms with Gasteiger partial charge in [-0.3, -0.25) is 9.59 Å². The Balaban J connectivity index is 1.59. The van der Waals surface area contributed by atoms with Crippen molar-refractivity contribution >= 4 is 27.7 Å². The van der Waals surface area contributed by atoms with Crippen LogP contribution >= 0.6 is 15.9 Å². The van der Waals surface area contributed by atoms with Crippen LogP contribution in [0.15, 0.2) is 77.3 Å². The summed E-state index contributed by atoms with van der Waals surface area (Å²) in [4.78, 5) is 29.2. The van der Waals surface area contributed by atoms with E-state index in [2.05, 4.69) is 21.2 Å². The highest BCUT2D eigenvalue weighted by Gasteiger charge is 2.31. The van der Waals surface area contributed by atoms with E-state index in [1.165, 1.54) is 0 Å².